The predicted molar refractivity (Wildman–Crippen MR) is 95.9 cm³/mol. The first-order chi connectivity index (χ1) is 11.7. The van der Waals surface area contributed by atoms with Crippen LogP contribution in [0.2, 0.25) is 0 Å². The number of rotatable bonds is 4. The third-order valence-corrected chi connectivity index (χ3v) is 5.76. The second kappa shape index (κ2) is 6.06. The lowest BCUT2D eigenvalue weighted by Gasteiger charge is -2.45. The van der Waals surface area contributed by atoms with Crippen LogP contribution < -0.4 is 11.1 Å². The van der Waals surface area contributed by atoms with E-state index in [0.29, 0.717) is 24.3 Å². The van der Waals surface area contributed by atoms with Gasteiger partial charge < -0.3 is 11.1 Å². The number of carbonyl (C=O) groups excluding carboxylic acids is 1. The summed E-state index contributed by atoms with van der Waals surface area (Å²) in [5, 5.41) is 3.13. The lowest BCUT2D eigenvalue weighted by atomic mass is 9.59. The minimum atomic E-state index is -0.120. The van der Waals surface area contributed by atoms with Crippen LogP contribution in [0.4, 0.5) is 0 Å². The van der Waals surface area contributed by atoms with E-state index in [0.717, 1.165) is 13.0 Å². The van der Waals surface area contributed by atoms with Gasteiger partial charge in [0.05, 0.1) is 0 Å². The summed E-state index contributed by atoms with van der Waals surface area (Å²) >= 11 is 0. The summed E-state index contributed by atoms with van der Waals surface area (Å²) in [5.74, 6) is 1.24. The van der Waals surface area contributed by atoms with E-state index in [-0.39, 0.29) is 11.8 Å². The normalized spacial score (nSPS) is 24.8. The quantitative estimate of drug-likeness (QED) is 0.910. The number of nitrogens with one attached hydrogen (secondary N) is 1. The molecule has 0 saturated carbocycles. The maximum absolute atomic E-state index is 12.1. The van der Waals surface area contributed by atoms with E-state index < -0.39 is 0 Å². The number of carbonyl (C=O) groups is 1. The maximum Gasteiger partial charge on any atom is 0.224 e. The zero-order valence-electron chi connectivity index (χ0n) is 14.0. The Labute approximate surface area is 143 Å². The van der Waals surface area contributed by atoms with E-state index in [1.54, 1.807) is 0 Å². The lowest BCUT2D eigenvalue weighted by molar-refractivity contribution is -0.124. The highest BCUT2D eigenvalue weighted by Gasteiger charge is 2.42. The van der Waals surface area contributed by atoms with Crippen molar-refractivity contribution in [1.29, 1.82) is 0 Å². The van der Waals surface area contributed by atoms with Crippen molar-refractivity contribution in [1.82, 2.24) is 5.32 Å². The summed E-state index contributed by atoms with van der Waals surface area (Å²) < 4.78 is 0. The Morgan fingerprint density at radius 2 is 1.62 bits per heavy atom. The third kappa shape index (κ3) is 2.35. The highest BCUT2D eigenvalue weighted by Crippen LogP contribution is 2.55. The Bertz CT molecular complexity index is 722. The standard InChI is InChI=1S/C21H24N2O/c1-13(11-22)21(24)23-12-14-10-19-15-6-2-4-8-17(15)20(14)18-9-5-3-7-16(18)19/h2-9,13-14,19-20H,10-12,22H2,1H3,(H,23,24). The molecule has 5 rings (SSSR count). The second-order valence-corrected chi connectivity index (χ2v) is 7.17. The van der Waals surface area contributed by atoms with Crippen molar-refractivity contribution in [3.8, 4) is 0 Å². The molecule has 2 unspecified atom stereocenters. The van der Waals surface area contributed by atoms with Crippen LogP contribution in [0.15, 0.2) is 48.5 Å². The molecule has 0 spiro atoms. The van der Waals surface area contributed by atoms with Crippen LogP contribution in [0.1, 0.15) is 47.4 Å². The minimum Gasteiger partial charge on any atom is -0.356 e. The first-order valence-corrected chi connectivity index (χ1v) is 8.86. The number of benzene rings is 2. The number of fused-ring (bicyclic) bond motifs is 1. The number of hydrogen-bond acceptors (Lipinski definition) is 2. The van der Waals surface area contributed by atoms with Crippen molar-refractivity contribution < 1.29 is 4.79 Å². The maximum atomic E-state index is 12.1. The average Bonchev–Trinajstić information content (AvgIpc) is 2.65. The van der Waals surface area contributed by atoms with E-state index >= 15 is 0 Å². The molecule has 0 aliphatic heterocycles. The average molecular weight is 320 g/mol. The molecule has 2 aromatic carbocycles. The van der Waals surface area contributed by atoms with Gasteiger partial charge in [0.1, 0.15) is 0 Å². The van der Waals surface area contributed by atoms with Crippen LogP contribution in [0, 0.1) is 11.8 Å². The van der Waals surface area contributed by atoms with Gasteiger partial charge in [0.2, 0.25) is 5.91 Å². The van der Waals surface area contributed by atoms with Crippen molar-refractivity contribution in [3.63, 3.8) is 0 Å². The van der Waals surface area contributed by atoms with Gasteiger partial charge in [-0.15, -0.1) is 0 Å². The Kier molecular flexibility index (Phi) is 3.89. The molecule has 2 bridgehead atoms. The molecule has 3 aliphatic carbocycles. The zero-order valence-corrected chi connectivity index (χ0v) is 14.0. The van der Waals surface area contributed by atoms with Gasteiger partial charge in [-0.2, -0.15) is 0 Å². The number of amides is 1. The van der Waals surface area contributed by atoms with Crippen LogP contribution in [0.3, 0.4) is 0 Å². The summed E-state index contributed by atoms with van der Waals surface area (Å²) in [5.41, 5.74) is 11.4. The van der Waals surface area contributed by atoms with Gasteiger partial charge in [-0.3, -0.25) is 4.79 Å². The Morgan fingerprint density at radius 1 is 1.08 bits per heavy atom. The molecule has 0 fully saturated rings. The van der Waals surface area contributed by atoms with Crippen LogP contribution in [0.5, 0.6) is 0 Å². The molecular formula is C21H24N2O. The third-order valence-electron chi connectivity index (χ3n) is 5.76. The second-order valence-electron chi connectivity index (χ2n) is 7.17. The van der Waals surface area contributed by atoms with Gasteiger partial charge in [-0.1, -0.05) is 55.5 Å². The van der Waals surface area contributed by atoms with Crippen LogP contribution in [-0.4, -0.2) is 19.0 Å². The molecule has 0 heterocycles. The minimum absolute atomic E-state index is 0.0699. The van der Waals surface area contributed by atoms with Crippen molar-refractivity contribution in [2.24, 2.45) is 17.6 Å². The van der Waals surface area contributed by atoms with Gasteiger partial charge in [-0.25, -0.2) is 0 Å². The Morgan fingerprint density at radius 3 is 2.17 bits per heavy atom. The van der Waals surface area contributed by atoms with Crippen LogP contribution >= 0.6 is 0 Å². The molecule has 0 radical (unpaired) electrons. The summed E-state index contributed by atoms with van der Waals surface area (Å²) in [6, 6.07) is 17.6. The molecule has 124 valence electrons. The zero-order chi connectivity index (χ0) is 16.7. The van der Waals surface area contributed by atoms with Gasteiger partial charge in [0.15, 0.2) is 0 Å². The molecule has 2 aromatic rings. The molecule has 1 amide bonds. The largest absolute Gasteiger partial charge is 0.356 e. The van der Waals surface area contributed by atoms with E-state index in [1.807, 2.05) is 6.92 Å². The first-order valence-electron chi connectivity index (χ1n) is 8.86. The van der Waals surface area contributed by atoms with E-state index in [9.17, 15) is 4.79 Å². The first kappa shape index (κ1) is 15.4. The van der Waals surface area contributed by atoms with Crippen molar-refractivity contribution in [2.45, 2.75) is 25.2 Å². The fraction of sp³-hybridized carbons (Fsp3) is 0.381. The molecule has 3 heteroatoms. The van der Waals surface area contributed by atoms with Crippen molar-refractivity contribution in [3.05, 3.63) is 70.8 Å². The van der Waals surface area contributed by atoms with Crippen molar-refractivity contribution >= 4 is 5.91 Å². The van der Waals surface area contributed by atoms with Gasteiger partial charge >= 0.3 is 0 Å². The van der Waals surface area contributed by atoms with Gasteiger partial charge in [0.25, 0.3) is 0 Å². The van der Waals surface area contributed by atoms with E-state index in [4.69, 9.17) is 5.73 Å². The fourth-order valence-electron chi connectivity index (χ4n) is 4.47. The molecule has 3 N–H and O–H groups in total. The Balaban J connectivity index is 1.65. The summed E-state index contributed by atoms with van der Waals surface area (Å²) in [6.45, 7) is 3.01. The monoisotopic (exact) mass is 320 g/mol. The topological polar surface area (TPSA) is 55.1 Å². The van der Waals surface area contributed by atoms with Crippen LogP contribution in [0.25, 0.3) is 0 Å². The molecular weight excluding hydrogens is 296 g/mol. The SMILES string of the molecule is CC(CN)C(=O)NCC1CC2c3ccccc3C1c1ccccc12. The predicted octanol–water partition coefficient (Wildman–Crippen LogP) is 2.99. The van der Waals surface area contributed by atoms with E-state index in [2.05, 4.69) is 53.8 Å². The molecule has 24 heavy (non-hydrogen) atoms. The van der Waals surface area contributed by atoms with Gasteiger partial charge in [-0.05, 0) is 34.6 Å². The Hall–Kier alpha value is -2.13. The molecule has 3 nitrogen and oxygen atoms in total. The molecule has 2 atom stereocenters. The highest BCUT2D eigenvalue weighted by atomic mass is 16.1. The number of nitrogens with two attached hydrogens (primary N) is 1. The fourth-order valence-corrected chi connectivity index (χ4v) is 4.47. The molecule has 3 aliphatic rings. The van der Waals surface area contributed by atoms with Gasteiger partial charge in [0, 0.05) is 30.8 Å². The molecule has 0 aromatic heterocycles. The summed E-state index contributed by atoms with van der Waals surface area (Å²) in [4.78, 5) is 12.1. The number of hydrogen-bond donors (Lipinski definition) is 2. The van der Waals surface area contributed by atoms with Crippen LogP contribution in [-0.2, 0) is 4.79 Å². The lowest BCUT2D eigenvalue weighted by Crippen LogP contribution is -2.41. The van der Waals surface area contributed by atoms with E-state index in [1.165, 1.54) is 22.3 Å². The van der Waals surface area contributed by atoms with Crippen molar-refractivity contribution in [2.75, 3.05) is 13.1 Å². The summed E-state index contributed by atoms with van der Waals surface area (Å²) in [7, 11) is 0. The highest BCUT2D eigenvalue weighted by molar-refractivity contribution is 5.78. The summed E-state index contributed by atoms with van der Waals surface area (Å²) in [6.07, 6.45) is 1.11. The molecule has 0 saturated heterocycles. The smallest absolute Gasteiger partial charge is 0.224 e.